The monoisotopic (exact) mass is 180 g/mol. The van der Waals surface area contributed by atoms with Gasteiger partial charge in [0.25, 0.3) is 0 Å². The minimum Gasteiger partial charge on any atom is -0.367 e. The standard InChI is InChI=1S/C9H16N4/c1-7(2)8(10)6-11-9-4-3-5-12-13-9/h3-5,7-8H,6,10H2,1-2H3,(H,11,13). The average molecular weight is 180 g/mol. The van der Waals surface area contributed by atoms with Crippen LogP contribution >= 0.6 is 0 Å². The number of hydrogen-bond donors (Lipinski definition) is 2. The van der Waals surface area contributed by atoms with Gasteiger partial charge in [-0.1, -0.05) is 13.8 Å². The lowest BCUT2D eigenvalue weighted by molar-refractivity contribution is 0.511. The zero-order chi connectivity index (χ0) is 9.68. The smallest absolute Gasteiger partial charge is 0.148 e. The van der Waals surface area contributed by atoms with Crippen molar-refractivity contribution >= 4 is 5.82 Å². The highest BCUT2D eigenvalue weighted by molar-refractivity contribution is 5.31. The third-order valence-electron chi connectivity index (χ3n) is 1.95. The molecule has 0 saturated heterocycles. The molecule has 1 heterocycles. The molecule has 0 amide bonds. The van der Waals surface area contributed by atoms with Gasteiger partial charge in [0.2, 0.25) is 0 Å². The Morgan fingerprint density at radius 3 is 2.85 bits per heavy atom. The Morgan fingerprint density at radius 1 is 1.54 bits per heavy atom. The van der Waals surface area contributed by atoms with E-state index in [-0.39, 0.29) is 6.04 Å². The SMILES string of the molecule is CC(C)C(N)CNc1cccnn1. The highest BCUT2D eigenvalue weighted by Gasteiger charge is 2.06. The average Bonchev–Trinajstić information content (AvgIpc) is 2.15. The van der Waals surface area contributed by atoms with Crippen molar-refractivity contribution in [2.24, 2.45) is 11.7 Å². The van der Waals surface area contributed by atoms with E-state index in [1.54, 1.807) is 6.20 Å². The highest BCUT2D eigenvalue weighted by Crippen LogP contribution is 2.01. The van der Waals surface area contributed by atoms with Crippen molar-refractivity contribution in [1.82, 2.24) is 10.2 Å². The van der Waals surface area contributed by atoms with Crippen LogP contribution in [0.5, 0.6) is 0 Å². The molecular weight excluding hydrogens is 164 g/mol. The maximum atomic E-state index is 5.85. The minimum atomic E-state index is 0.155. The molecule has 1 atom stereocenters. The van der Waals surface area contributed by atoms with Crippen molar-refractivity contribution in [3.05, 3.63) is 18.3 Å². The third-order valence-corrected chi connectivity index (χ3v) is 1.95. The number of nitrogens with two attached hydrogens (primary N) is 1. The molecule has 1 aromatic rings. The first kappa shape index (κ1) is 9.92. The van der Waals surface area contributed by atoms with E-state index < -0.39 is 0 Å². The van der Waals surface area contributed by atoms with Crippen LogP contribution in [0.1, 0.15) is 13.8 Å². The second-order valence-electron chi connectivity index (χ2n) is 3.40. The Bertz CT molecular complexity index is 235. The van der Waals surface area contributed by atoms with Gasteiger partial charge < -0.3 is 11.1 Å². The molecule has 4 nitrogen and oxygen atoms in total. The lowest BCUT2D eigenvalue weighted by Crippen LogP contribution is -2.34. The number of nitrogens with one attached hydrogen (secondary N) is 1. The molecule has 0 radical (unpaired) electrons. The summed E-state index contributed by atoms with van der Waals surface area (Å²) in [7, 11) is 0. The van der Waals surface area contributed by atoms with E-state index >= 15 is 0 Å². The van der Waals surface area contributed by atoms with Crippen LogP contribution in [0.25, 0.3) is 0 Å². The summed E-state index contributed by atoms with van der Waals surface area (Å²) in [5.74, 6) is 1.25. The van der Waals surface area contributed by atoms with Crippen molar-refractivity contribution in [2.75, 3.05) is 11.9 Å². The Hall–Kier alpha value is -1.16. The van der Waals surface area contributed by atoms with Gasteiger partial charge in [0.15, 0.2) is 0 Å². The fourth-order valence-electron chi connectivity index (χ4n) is 0.854. The van der Waals surface area contributed by atoms with Crippen LogP contribution in [0.3, 0.4) is 0 Å². The van der Waals surface area contributed by atoms with E-state index in [9.17, 15) is 0 Å². The summed E-state index contributed by atoms with van der Waals surface area (Å²) in [5, 5.41) is 10.8. The van der Waals surface area contributed by atoms with Crippen LogP contribution in [0.4, 0.5) is 5.82 Å². The predicted molar refractivity (Wildman–Crippen MR) is 53.3 cm³/mol. The highest BCUT2D eigenvalue weighted by atomic mass is 15.2. The lowest BCUT2D eigenvalue weighted by Gasteiger charge is -2.15. The first-order valence-corrected chi connectivity index (χ1v) is 4.47. The topological polar surface area (TPSA) is 63.8 Å². The fraction of sp³-hybridized carbons (Fsp3) is 0.556. The fourth-order valence-corrected chi connectivity index (χ4v) is 0.854. The molecule has 3 N–H and O–H groups in total. The van der Waals surface area contributed by atoms with Gasteiger partial charge in [0.05, 0.1) is 0 Å². The number of hydrogen-bond acceptors (Lipinski definition) is 4. The second-order valence-corrected chi connectivity index (χ2v) is 3.40. The molecule has 0 fully saturated rings. The van der Waals surface area contributed by atoms with Crippen molar-refractivity contribution in [1.29, 1.82) is 0 Å². The summed E-state index contributed by atoms with van der Waals surface area (Å²) < 4.78 is 0. The van der Waals surface area contributed by atoms with E-state index in [4.69, 9.17) is 5.73 Å². The first-order valence-electron chi connectivity index (χ1n) is 4.47. The Kier molecular flexibility index (Phi) is 3.64. The van der Waals surface area contributed by atoms with Crippen LogP contribution < -0.4 is 11.1 Å². The molecule has 0 aliphatic heterocycles. The summed E-state index contributed by atoms with van der Waals surface area (Å²) >= 11 is 0. The zero-order valence-electron chi connectivity index (χ0n) is 8.07. The first-order chi connectivity index (χ1) is 6.20. The van der Waals surface area contributed by atoms with E-state index in [1.165, 1.54) is 0 Å². The summed E-state index contributed by atoms with van der Waals surface area (Å²) in [6.45, 7) is 4.93. The Balaban J connectivity index is 2.35. The number of rotatable bonds is 4. The number of nitrogens with zero attached hydrogens (tertiary/aromatic N) is 2. The van der Waals surface area contributed by atoms with Gasteiger partial charge >= 0.3 is 0 Å². The van der Waals surface area contributed by atoms with Gasteiger partial charge in [-0.25, -0.2) is 0 Å². The minimum absolute atomic E-state index is 0.155. The van der Waals surface area contributed by atoms with Gasteiger partial charge in [0, 0.05) is 18.8 Å². The van der Waals surface area contributed by atoms with Crippen LogP contribution in [0.2, 0.25) is 0 Å². The van der Waals surface area contributed by atoms with E-state index in [0.29, 0.717) is 5.92 Å². The van der Waals surface area contributed by atoms with Crippen LogP contribution in [-0.4, -0.2) is 22.8 Å². The van der Waals surface area contributed by atoms with E-state index in [0.717, 1.165) is 12.4 Å². The number of anilines is 1. The Labute approximate surface area is 78.6 Å². The molecule has 4 heteroatoms. The molecule has 72 valence electrons. The van der Waals surface area contributed by atoms with Crippen molar-refractivity contribution in [2.45, 2.75) is 19.9 Å². The molecule has 0 spiro atoms. The summed E-state index contributed by atoms with van der Waals surface area (Å²) in [5.41, 5.74) is 5.85. The zero-order valence-corrected chi connectivity index (χ0v) is 8.07. The molecule has 13 heavy (non-hydrogen) atoms. The predicted octanol–water partition coefficient (Wildman–Crippen LogP) is 0.872. The van der Waals surface area contributed by atoms with Crippen molar-refractivity contribution in [3.8, 4) is 0 Å². The van der Waals surface area contributed by atoms with Gasteiger partial charge in [-0.2, -0.15) is 5.10 Å². The van der Waals surface area contributed by atoms with Crippen LogP contribution in [-0.2, 0) is 0 Å². The summed E-state index contributed by atoms with van der Waals surface area (Å²) in [4.78, 5) is 0. The normalized spacial score (nSPS) is 12.9. The van der Waals surface area contributed by atoms with Crippen molar-refractivity contribution < 1.29 is 0 Å². The molecule has 1 rings (SSSR count). The summed E-state index contributed by atoms with van der Waals surface area (Å²) in [6, 6.07) is 3.87. The van der Waals surface area contributed by atoms with Gasteiger partial charge in [-0.3, -0.25) is 0 Å². The molecule has 0 saturated carbocycles. The van der Waals surface area contributed by atoms with Crippen LogP contribution in [0.15, 0.2) is 18.3 Å². The van der Waals surface area contributed by atoms with Gasteiger partial charge in [-0.05, 0) is 18.1 Å². The third kappa shape index (κ3) is 3.38. The lowest BCUT2D eigenvalue weighted by atomic mass is 10.1. The van der Waals surface area contributed by atoms with Crippen LogP contribution in [0, 0.1) is 5.92 Å². The molecule has 0 bridgehead atoms. The summed E-state index contributed by atoms with van der Waals surface area (Å²) in [6.07, 6.45) is 1.65. The molecule has 1 aromatic heterocycles. The van der Waals surface area contributed by atoms with E-state index in [2.05, 4.69) is 29.4 Å². The maximum Gasteiger partial charge on any atom is 0.148 e. The quantitative estimate of drug-likeness (QED) is 0.721. The van der Waals surface area contributed by atoms with E-state index in [1.807, 2.05) is 12.1 Å². The number of aromatic nitrogens is 2. The molecule has 0 aromatic carbocycles. The second kappa shape index (κ2) is 4.77. The largest absolute Gasteiger partial charge is 0.367 e. The van der Waals surface area contributed by atoms with Gasteiger partial charge in [-0.15, -0.1) is 5.10 Å². The Morgan fingerprint density at radius 2 is 2.31 bits per heavy atom. The van der Waals surface area contributed by atoms with Gasteiger partial charge in [0.1, 0.15) is 5.82 Å². The van der Waals surface area contributed by atoms with Crippen molar-refractivity contribution in [3.63, 3.8) is 0 Å². The molecule has 1 unspecified atom stereocenters. The molecule has 0 aliphatic carbocycles. The molecular formula is C9H16N4. The maximum absolute atomic E-state index is 5.85. The molecule has 0 aliphatic rings.